The van der Waals surface area contributed by atoms with Crippen LogP contribution in [0.2, 0.25) is 5.02 Å². The molecule has 1 aromatic heterocycles. The third kappa shape index (κ3) is 3.89. The summed E-state index contributed by atoms with van der Waals surface area (Å²) in [6, 6.07) is 0. The Morgan fingerprint density at radius 3 is 2.86 bits per heavy atom. The fourth-order valence-corrected chi connectivity index (χ4v) is 1.44. The van der Waals surface area contributed by atoms with E-state index >= 15 is 0 Å². The van der Waals surface area contributed by atoms with Crippen molar-refractivity contribution in [1.29, 1.82) is 0 Å². The molecule has 5 nitrogen and oxygen atoms in total. The Hall–Kier alpha value is -0.880. The summed E-state index contributed by atoms with van der Waals surface area (Å²) in [4.78, 5) is 7.55. The van der Waals surface area contributed by atoms with Gasteiger partial charge in [-0.2, -0.15) is 0 Å². The minimum Gasteiger partial charge on any atom is -0.368 e. The number of hydrogen-bond acceptors (Lipinski definition) is 5. The maximum Gasteiger partial charge on any atom is 0.149 e. The van der Waals surface area contributed by atoms with Crippen molar-refractivity contribution >= 4 is 27.3 Å². The third-order valence-electron chi connectivity index (χ3n) is 1.43. The van der Waals surface area contributed by atoms with Crippen molar-refractivity contribution in [3.05, 3.63) is 17.5 Å². The van der Waals surface area contributed by atoms with E-state index in [0.717, 1.165) is 0 Å². The molecule has 0 aliphatic heterocycles. The summed E-state index contributed by atoms with van der Waals surface area (Å²) in [6.07, 6.45) is 3.96. The van der Waals surface area contributed by atoms with Crippen LogP contribution in [0, 0.1) is 0 Å². The first-order valence-electron chi connectivity index (χ1n) is 3.86. The van der Waals surface area contributed by atoms with Crippen molar-refractivity contribution in [2.24, 2.45) is 0 Å². The molecular weight excluding hydrogens is 226 g/mol. The van der Waals surface area contributed by atoms with Crippen LogP contribution in [0.1, 0.15) is 0 Å². The maximum atomic E-state index is 10.8. The standard InChI is InChI=1S/C7H10ClN3O2S/c1-14(12,13)3-2-10-7-6(8)4-9-5-11-7/h4-5H,2-3H2,1H3,(H,9,10,11). The van der Waals surface area contributed by atoms with E-state index in [2.05, 4.69) is 15.3 Å². The van der Waals surface area contributed by atoms with Gasteiger partial charge < -0.3 is 5.32 Å². The van der Waals surface area contributed by atoms with Gasteiger partial charge in [-0.15, -0.1) is 0 Å². The molecular formula is C7H10ClN3O2S. The lowest BCUT2D eigenvalue weighted by atomic mass is 10.5. The lowest BCUT2D eigenvalue weighted by Crippen LogP contribution is -2.14. The molecule has 1 N–H and O–H groups in total. The number of sulfone groups is 1. The van der Waals surface area contributed by atoms with Crippen molar-refractivity contribution in [2.45, 2.75) is 0 Å². The van der Waals surface area contributed by atoms with Crippen molar-refractivity contribution < 1.29 is 8.42 Å². The normalized spacial score (nSPS) is 11.3. The lowest BCUT2D eigenvalue weighted by Gasteiger charge is -2.04. The maximum absolute atomic E-state index is 10.8. The number of nitrogens with zero attached hydrogens (tertiary/aromatic N) is 2. The Morgan fingerprint density at radius 2 is 2.29 bits per heavy atom. The third-order valence-corrected chi connectivity index (χ3v) is 2.66. The summed E-state index contributed by atoms with van der Waals surface area (Å²) < 4.78 is 21.6. The zero-order valence-electron chi connectivity index (χ0n) is 7.57. The van der Waals surface area contributed by atoms with Gasteiger partial charge in [0.15, 0.2) is 0 Å². The molecule has 0 aliphatic carbocycles. The molecule has 78 valence electrons. The number of aromatic nitrogens is 2. The largest absolute Gasteiger partial charge is 0.368 e. The molecule has 1 rings (SSSR count). The molecule has 0 bridgehead atoms. The molecule has 1 aromatic rings. The Labute approximate surface area is 87.4 Å². The fourth-order valence-electron chi connectivity index (χ4n) is 0.798. The molecule has 0 amide bonds. The average Bonchev–Trinajstić information content (AvgIpc) is 2.06. The Bertz CT molecular complexity index is 407. The molecule has 0 aliphatic rings. The first kappa shape index (κ1) is 11.2. The van der Waals surface area contributed by atoms with E-state index < -0.39 is 9.84 Å². The van der Waals surface area contributed by atoms with E-state index in [-0.39, 0.29) is 12.3 Å². The monoisotopic (exact) mass is 235 g/mol. The molecule has 0 aromatic carbocycles. The summed E-state index contributed by atoms with van der Waals surface area (Å²) >= 11 is 5.74. The number of hydrogen-bond donors (Lipinski definition) is 1. The van der Waals surface area contributed by atoms with Crippen molar-refractivity contribution in [1.82, 2.24) is 9.97 Å². The molecule has 0 unspecified atom stereocenters. The van der Waals surface area contributed by atoms with Crippen molar-refractivity contribution in [3.63, 3.8) is 0 Å². The van der Waals surface area contributed by atoms with Crippen LogP contribution in [0.3, 0.4) is 0 Å². The van der Waals surface area contributed by atoms with E-state index in [1.807, 2.05) is 0 Å². The van der Waals surface area contributed by atoms with E-state index in [9.17, 15) is 8.42 Å². The summed E-state index contributed by atoms with van der Waals surface area (Å²) in [6.45, 7) is 0.287. The topological polar surface area (TPSA) is 72.0 Å². The van der Waals surface area contributed by atoms with Gasteiger partial charge in [-0.05, 0) is 0 Å². The highest BCUT2D eigenvalue weighted by atomic mass is 35.5. The molecule has 0 saturated heterocycles. The smallest absolute Gasteiger partial charge is 0.149 e. The Kier molecular flexibility index (Phi) is 3.65. The van der Waals surface area contributed by atoms with E-state index in [0.29, 0.717) is 10.8 Å². The lowest BCUT2D eigenvalue weighted by molar-refractivity contribution is 0.602. The second-order valence-electron chi connectivity index (χ2n) is 2.78. The molecule has 0 spiro atoms. The van der Waals surface area contributed by atoms with E-state index in [4.69, 9.17) is 11.6 Å². The van der Waals surface area contributed by atoms with Gasteiger partial charge in [0.2, 0.25) is 0 Å². The zero-order chi connectivity index (χ0) is 10.6. The van der Waals surface area contributed by atoms with Crippen LogP contribution in [-0.4, -0.2) is 36.9 Å². The number of rotatable bonds is 4. The minimum absolute atomic E-state index is 0.0489. The average molecular weight is 236 g/mol. The van der Waals surface area contributed by atoms with Crippen LogP contribution in [0.25, 0.3) is 0 Å². The van der Waals surface area contributed by atoms with E-state index in [1.165, 1.54) is 18.8 Å². The van der Waals surface area contributed by atoms with Gasteiger partial charge in [0.05, 0.1) is 11.9 Å². The van der Waals surface area contributed by atoms with Gasteiger partial charge in [0.25, 0.3) is 0 Å². The Morgan fingerprint density at radius 1 is 1.57 bits per heavy atom. The highest BCUT2D eigenvalue weighted by molar-refractivity contribution is 7.90. The molecule has 7 heteroatoms. The predicted octanol–water partition coefficient (Wildman–Crippen LogP) is 0.586. The van der Waals surface area contributed by atoms with Crippen LogP contribution < -0.4 is 5.32 Å². The van der Waals surface area contributed by atoms with Crippen molar-refractivity contribution in [3.8, 4) is 0 Å². The first-order valence-corrected chi connectivity index (χ1v) is 6.30. The summed E-state index contributed by atoms with van der Waals surface area (Å²) in [5.41, 5.74) is 0. The number of anilines is 1. The number of nitrogens with one attached hydrogen (secondary N) is 1. The number of halogens is 1. The molecule has 14 heavy (non-hydrogen) atoms. The van der Waals surface area contributed by atoms with Crippen LogP contribution in [0.5, 0.6) is 0 Å². The first-order chi connectivity index (χ1) is 6.49. The van der Waals surface area contributed by atoms with Crippen LogP contribution in [0.15, 0.2) is 12.5 Å². The van der Waals surface area contributed by atoms with Crippen LogP contribution in [-0.2, 0) is 9.84 Å². The van der Waals surface area contributed by atoms with Crippen molar-refractivity contribution in [2.75, 3.05) is 23.9 Å². The molecule has 1 heterocycles. The van der Waals surface area contributed by atoms with Gasteiger partial charge in [-0.1, -0.05) is 11.6 Å². The van der Waals surface area contributed by atoms with Gasteiger partial charge in [0.1, 0.15) is 27.0 Å². The SMILES string of the molecule is CS(=O)(=O)CCNc1ncncc1Cl. The summed E-state index contributed by atoms with van der Waals surface area (Å²) in [7, 11) is -2.96. The Balaban J connectivity index is 2.51. The molecule has 0 radical (unpaired) electrons. The van der Waals surface area contributed by atoms with Crippen LogP contribution in [0.4, 0.5) is 5.82 Å². The van der Waals surface area contributed by atoms with E-state index in [1.54, 1.807) is 0 Å². The van der Waals surface area contributed by atoms with Gasteiger partial charge in [-0.25, -0.2) is 18.4 Å². The minimum atomic E-state index is -2.96. The van der Waals surface area contributed by atoms with Gasteiger partial charge >= 0.3 is 0 Å². The summed E-state index contributed by atoms with van der Waals surface area (Å²) in [5, 5.41) is 3.18. The second-order valence-corrected chi connectivity index (χ2v) is 5.44. The van der Waals surface area contributed by atoms with Gasteiger partial charge in [0, 0.05) is 12.8 Å². The highest BCUT2D eigenvalue weighted by Gasteiger charge is 2.03. The molecule has 0 fully saturated rings. The summed E-state index contributed by atoms with van der Waals surface area (Å²) in [5.74, 6) is 0.498. The quantitative estimate of drug-likeness (QED) is 0.827. The molecule has 0 atom stereocenters. The molecule has 0 saturated carbocycles. The zero-order valence-corrected chi connectivity index (χ0v) is 9.14. The highest BCUT2D eigenvalue weighted by Crippen LogP contribution is 2.15. The fraction of sp³-hybridized carbons (Fsp3) is 0.429. The predicted molar refractivity (Wildman–Crippen MR) is 55.2 cm³/mol. The second kappa shape index (κ2) is 4.56. The van der Waals surface area contributed by atoms with Gasteiger partial charge in [-0.3, -0.25) is 0 Å². The van der Waals surface area contributed by atoms with Crippen LogP contribution >= 0.6 is 11.6 Å².